The number of nitro groups is 1. The van der Waals surface area contributed by atoms with Gasteiger partial charge in [0.25, 0.3) is 17.5 Å². The average molecular weight is 420 g/mol. The van der Waals surface area contributed by atoms with Gasteiger partial charge in [-0.05, 0) is 41.5 Å². The largest absolute Gasteiger partial charge is 0.298 e. The molecule has 0 spiro atoms. The number of non-ortho nitro benzene ring substituents is 1. The highest BCUT2D eigenvalue weighted by Crippen LogP contribution is 2.19. The molecule has 9 heteroatoms. The summed E-state index contributed by atoms with van der Waals surface area (Å²) in [4.78, 5) is 34.6. The summed E-state index contributed by atoms with van der Waals surface area (Å²) >= 11 is 5.00. The molecule has 0 unspecified atom stereocenters. The number of hydrogen-bond donors (Lipinski definition) is 3. The maximum absolute atomic E-state index is 12.3. The SMILES string of the molecule is O=C(NNC(=S)NC(=O)c1ccc(-c2ccccc2)cc1)c1cccc([N+](=O)[O-])c1. The molecule has 0 aliphatic heterocycles. The summed E-state index contributed by atoms with van der Waals surface area (Å²) in [5, 5.41) is 13.1. The van der Waals surface area contributed by atoms with Gasteiger partial charge in [-0.25, -0.2) is 0 Å². The molecule has 0 aromatic heterocycles. The Morgan fingerprint density at radius 1 is 0.767 bits per heavy atom. The van der Waals surface area contributed by atoms with E-state index >= 15 is 0 Å². The monoisotopic (exact) mass is 420 g/mol. The van der Waals surface area contributed by atoms with Crippen molar-refractivity contribution in [2.75, 3.05) is 0 Å². The Morgan fingerprint density at radius 2 is 1.43 bits per heavy atom. The molecule has 3 aromatic rings. The van der Waals surface area contributed by atoms with Crippen LogP contribution in [0.1, 0.15) is 20.7 Å². The van der Waals surface area contributed by atoms with Crippen LogP contribution in [0.4, 0.5) is 5.69 Å². The number of thiocarbonyl (C=S) groups is 1. The molecule has 0 atom stereocenters. The van der Waals surface area contributed by atoms with E-state index in [-0.39, 0.29) is 16.4 Å². The van der Waals surface area contributed by atoms with Gasteiger partial charge in [0.2, 0.25) is 0 Å². The second-order valence-electron chi connectivity index (χ2n) is 6.11. The molecule has 0 saturated carbocycles. The molecule has 3 N–H and O–H groups in total. The molecule has 0 fully saturated rings. The predicted molar refractivity (Wildman–Crippen MR) is 116 cm³/mol. The Bertz CT molecular complexity index is 1100. The Kier molecular flexibility index (Phi) is 6.46. The fourth-order valence-electron chi connectivity index (χ4n) is 2.60. The minimum absolute atomic E-state index is 0.0716. The maximum Gasteiger partial charge on any atom is 0.270 e. The highest BCUT2D eigenvalue weighted by Gasteiger charge is 2.13. The van der Waals surface area contributed by atoms with Crippen LogP contribution in [0.5, 0.6) is 0 Å². The van der Waals surface area contributed by atoms with Crippen LogP contribution in [0.25, 0.3) is 11.1 Å². The Morgan fingerprint density at radius 3 is 2.10 bits per heavy atom. The lowest BCUT2D eigenvalue weighted by Crippen LogP contribution is -2.48. The van der Waals surface area contributed by atoms with E-state index in [2.05, 4.69) is 16.2 Å². The first kappa shape index (κ1) is 20.6. The van der Waals surface area contributed by atoms with Crippen molar-refractivity contribution in [2.45, 2.75) is 0 Å². The third kappa shape index (κ3) is 5.24. The number of rotatable bonds is 4. The fourth-order valence-corrected chi connectivity index (χ4v) is 2.74. The first-order valence-electron chi connectivity index (χ1n) is 8.75. The topological polar surface area (TPSA) is 113 Å². The lowest BCUT2D eigenvalue weighted by Gasteiger charge is -2.11. The van der Waals surface area contributed by atoms with Crippen LogP contribution in [0.2, 0.25) is 0 Å². The van der Waals surface area contributed by atoms with Crippen molar-refractivity contribution < 1.29 is 14.5 Å². The molecule has 30 heavy (non-hydrogen) atoms. The van der Waals surface area contributed by atoms with E-state index < -0.39 is 16.7 Å². The Labute approximate surface area is 177 Å². The number of nitro benzene ring substituents is 1. The number of amides is 2. The van der Waals surface area contributed by atoms with Crippen LogP contribution in [-0.4, -0.2) is 21.9 Å². The van der Waals surface area contributed by atoms with E-state index in [0.717, 1.165) is 17.2 Å². The second-order valence-corrected chi connectivity index (χ2v) is 6.52. The molecular weight excluding hydrogens is 404 g/mol. The maximum atomic E-state index is 12.3. The van der Waals surface area contributed by atoms with Gasteiger partial charge in [-0.1, -0.05) is 48.5 Å². The van der Waals surface area contributed by atoms with Crippen molar-refractivity contribution in [1.29, 1.82) is 0 Å². The predicted octanol–water partition coefficient (Wildman–Crippen LogP) is 3.21. The third-order valence-electron chi connectivity index (χ3n) is 4.09. The number of hydrogen-bond acceptors (Lipinski definition) is 5. The first-order valence-corrected chi connectivity index (χ1v) is 9.16. The highest BCUT2D eigenvalue weighted by molar-refractivity contribution is 7.80. The molecule has 0 aliphatic rings. The zero-order valence-corrected chi connectivity index (χ0v) is 16.3. The van der Waals surface area contributed by atoms with Crippen molar-refractivity contribution in [2.24, 2.45) is 0 Å². The standard InChI is InChI=1S/C21H16N4O4S/c26-19(16-11-9-15(10-12-16)14-5-2-1-3-6-14)22-21(30)24-23-20(27)17-7-4-8-18(13-17)25(28)29/h1-13H,(H,23,27)(H2,22,24,26,30). The van der Waals surface area contributed by atoms with Crippen LogP contribution < -0.4 is 16.2 Å². The molecule has 0 bridgehead atoms. The van der Waals surface area contributed by atoms with Gasteiger partial charge in [-0.2, -0.15) is 0 Å². The lowest BCUT2D eigenvalue weighted by molar-refractivity contribution is -0.384. The minimum Gasteiger partial charge on any atom is -0.298 e. The summed E-state index contributed by atoms with van der Waals surface area (Å²) in [6.07, 6.45) is 0. The van der Waals surface area contributed by atoms with Crippen LogP contribution in [-0.2, 0) is 0 Å². The van der Waals surface area contributed by atoms with Crippen molar-refractivity contribution in [3.05, 3.63) is 100 Å². The van der Waals surface area contributed by atoms with Crippen molar-refractivity contribution >= 4 is 34.8 Å². The highest BCUT2D eigenvalue weighted by atomic mass is 32.1. The smallest absolute Gasteiger partial charge is 0.270 e. The number of carbonyl (C=O) groups excluding carboxylic acids is 2. The lowest BCUT2D eigenvalue weighted by atomic mass is 10.0. The molecule has 0 aliphatic carbocycles. The van der Waals surface area contributed by atoms with Crippen LogP contribution in [0, 0.1) is 10.1 Å². The fraction of sp³-hybridized carbons (Fsp3) is 0. The van der Waals surface area contributed by atoms with E-state index in [1.54, 1.807) is 12.1 Å². The Hall–Kier alpha value is -4.11. The van der Waals surface area contributed by atoms with Gasteiger partial charge in [0, 0.05) is 23.3 Å². The van der Waals surface area contributed by atoms with Gasteiger partial charge in [-0.15, -0.1) is 0 Å². The van der Waals surface area contributed by atoms with Crippen molar-refractivity contribution in [3.8, 4) is 11.1 Å². The quantitative estimate of drug-likeness (QED) is 0.339. The molecular formula is C21H16N4O4S. The van der Waals surface area contributed by atoms with E-state index in [1.807, 2.05) is 42.5 Å². The van der Waals surface area contributed by atoms with Crippen molar-refractivity contribution in [3.63, 3.8) is 0 Å². The molecule has 0 heterocycles. The second kappa shape index (κ2) is 9.39. The molecule has 3 rings (SSSR count). The summed E-state index contributed by atoms with van der Waals surface area (Å²) in [6, 6.07) is 21.9. The molecule has 0 radical (unpaired) electrons. The van der Waals surface area contributed by atoms with Crippen LogP contribution in [0.3, 0.4) is 0 Å². The van der Waals surface area contributed by atoms with Gasteiger partial charge >= 0.3 is 0 Å². The van der Waals surface area contributed by atoms with Crippen LogP contribution in [0.15, 0.2) is 78.9 Å². The van der Waals surface area contributed by atoms with Gasteiger partial charge in [0.05, 0.1) is 4.92 Å². The van der Waals surface area contributed by atoms with Crippen LogP contribution >= 0.6 is 12.2 Å². The number of carbonyl (C=O) groups is 2. The normalized spacial score (nSPS) is 10.0. The number of benzene rings is 3. The number of nitrogens with zero attached hydrogens (tertiary/aromatic N) is 1. The summed E-state index contributed by atoms with van der Waals surface area (Å²) in [6.45, 7) is 0. The van der Waals surface area contributed by atoms with Gasteiger partial charge in [0.15, 0.2) is 5.11 Å². The molecule has 0 saturated heterocycles. The van der Waals surface area contributed by atoms with E-state index in [9.17, 15) is 19.7 Å². The first-order chi connectivity index (χ1) is 14.4. The Balaban J connectivity index is 1.54. The summed E-state index contributed by atoms with van der Waals surface area (Å²) in [5.74, 6) is -1.08. The number of hydrazine groups is 1. The zero-order chi connectivity index (χ0) is 21.5. The molecule has 8 nitrogen and oxygen atoms in total. The summed E-state index contributed by atoms with van der Waals surface area (Å²) in [7, 11) is 0. The molecule has 2 amide bonds. The van der Waals surface area contributed by atoms with Crippen molar-refractivity contribution in [1.82, 2.24) is 16.2 Å². The molecule has 3 aromatic carbocycles. The zero-order valence-electron chi connectivity index (χ0n) is 15.5. The van der Waals surface area contributed by atoms with Gasteiger partial charge < -0.3 is 0 Å². The average Bonchev–Trinajstić information content (AvgIpc) is 2.78. The van der Waals surface area contributed by atoms with Gasteiger partial charge in [0.1, 0.15) is 0 Å². The summed E-state index contributed by atoms with van der Waals surface area (Å²) < 4.78 is 0. The van der Waals surface area contributed by atoms with Gasteiger partial charge in [-0.3, -0.25) is 35.9 Å². The minimum atomic E-state index is -0.637. The molecule has 150 valence electrons. The van der Waals surface area contributed by atoms with E-state index in [4.69, 9.17) is 12.2 Å². The van der Waals surface area contributed by atoms with E-state index in [1.165, 1.54) is 18.2 Å². The third-order valence-corrected chi connectivity index (χ3v) is 4.29. The summed E-state index contributed by atoms with van der Waals surface area (Å²) in [5.41, 5.74) is 6.94. The van der Waals surface area contributed by atoms with E-state index in [0.29, 0.717) is 5.56 Å². The number of nitrogens with one attached hydrogen (secondary N) is 3.